The Morgan fingerprint density at radius 2 is 1.86 bits per heavy atom. The Morgan fingerprint density at radius 1 is 1.22 bits per heavy atom. The third kappa shape index (κ3) is 9.58. The predicted molar refractivity (Wildman–Crippen MR) is 149 cm³/mol. The van der Waals surface area contributed by atoms with Gasteiger partial charge in [-0.2, -0.15) is 0 Å². The number of nitrogens with one attached hydrogen (secondary N) is 1. The normalized spacial score (nSPS) is 31.5. The van der Waals surface area contributed by atoms with Gasteiger partial charge in [-0.05, 0) is 52.2 Å². The molecular formula is C29H51NO6Si. The van der Waals surface area contributed by atoms with Gasteiger partial charge < -0.3 is 28.7 Å². The van der Waals surface area contributed by atoms with E-state index in [1.807, 2.05) is 0 Å². The number of carbonyl (C=O) groups is 1. The fourth-order valence-corrected chi connectivity index (χ4v) is 6.36. The van der Waals surface area contributed by atoms with E-state index in [0.29, 0.717) is 32.5 Å². The second-order valence-electron chi connectivity index (χ2n) is 13.4. The molecule has 3 aliphatic rings. The zero-order chi connectivity index (χ0) is 27.5. The van der Waals surface area contributed by atoms with Gasteiger partial charge in [0, 0.05) is 31.8 Å². The van der Waals surface area contributed by atoms with Crippen molar-refractivity contribution in [3.63, 3.8) is 0 Å². The van der Waals surface area contributed by atoms with E-state index in [-0.39, 0.29) is 46.7 Å². The van der Waals surface area contributed by atoms with Gasteiger partial charge in [-0.15, -0.1) is 0 Å². The highest BCUT2D eigenvalue weighted by molar-refractivity contribution is 6.74. The van der Waals surface area contributed by atoms with Crippen molar-refractivity contribution in [1.82, 2.24) is 5.32 Å². The summed E-state index contributed by atoms with van der Waals surface area (Å²) in [4.78, 5) is 12.5. The van der Waals surface area contributed by atoms with E-state index in [1.54, 1.807) is 0 Å². The van der Waals surface area contributed by atoms with Gasteiger partial charge in [0.25, 0.3) is 0 Å². The maximum Gasteiger partial charge on any atom is 0.220 e. The van der Waals surface area contributed by atoms with Crippen LogP contribution in [0.4, 0.5) is 0 Å². The van der Waals surface area contributed by atoms with Crippen molar-refractivity contribution in [2.75, 3.05) is 19.8 Å². The molecule has 3 heterocycles. The first-order valence-corrected chi connectivity index (χ1v) is 16.9. The van der Waals surface area contributed by atoms with Crippen LogP contribution in [0.2, 0.25) is 18.1 Å². The molecule has 0 aliphatic carbocycles. The van der Waals surface area contributed by atoms with E-state index in [0.717, 1.165) is 25.0 Å². The van der Waals surface area contributed by atoms with Crippen LogP contribution in [0.3, 0.4) is 0 Å². The summed E-state index contributed by atoms with van der Waals surface area (Å²) < 4.78 is 30.0. The summed E-state index contributed by atoms with van der Waals surface area (Å²) in [6, 6.07) is -0.117. The first-order valence-electron chi connectivity index (χ1n) is 14.0. The van der Waals surface area contributed by atoms with Gasteiger partial charge in [0.2, 0.25) is 5.91 Å². The quantitative estimate of drug-likeness (QED) is 0.220. The maximum atomic E-state index is 12.5. The smallest absolute Gasteiger partial charge is 0.220 e. The number of ether oxygens (including phenoxy) is 4. The minimum absolute atomic E-state index is 0.0219. The van der Waals surface area contributed by atoms with Crippen LogP contribution in [0.5, 0.6) is 0 Å². The summed E-state index contributed by atoms with van der Waals surface area (Å²) in [6.07, 6.45) is 9.94. The predicted octanol–water partition coefficient (Wildman–Crippen LogP) is 5.65. The number of hydrogen-bond acceptors (Lipinski definition) is 6. The van der Waals surface area contributed by atoms with Crippen molar-refractivity contribution >= 4 is 14.2 Å². The molecule has 7 nitrogen and oxygen atoms in total. The molecule has 0 aromatic carbocycles. The zero-order valence-electron chi connectivity index (χ0n) is 24.6. The number of carbonyl (C=O) groups excluding carboxylic acids is 1. The molecule has 1 spiro atoms. The second kappa shape index (κ2) is 12.0. The van der Waals surface area contributed by atoms with Crippen LogP contribution in [0.15, 0.2) is 23.8 Å². The summed E-state index contributed by atoms with van der Waals surface area (Å²) >= 11 is 0. The number of amides is 1. The second-order valence-corrected chi connectivity index (χ2v) is 18.2. The lowest BCUT2D eigenvalue weighted by Gasteiger charge is -2.38. The molecule has 0 radical (unpaired) electrons. The van der Waals surface area contributed by atoms with E-state index < -0.39 is 8.32 Å². The van der Waals surface area contributed by atoms with Crippen molar-refractivity contribution < 1.29 is 28.2 Å². The minimum atomic E-state index is -1.82. The Balaban J connectivity index is 1.33. The summed E-state index contributed by atoms with van der Waals surface area (Å²) in [5.41, 5.74) is 1.02. The fourth-order valence-electron chi connectivity index (χ4n) is 4.88. The van der Waals surface area contributed by atoms with Gasteiger partial charge in [-0.3, -0.25) is 4.79 Å². The lowest BCUT2D eigenvalue weighted by molar-refractivity contribution is -0.188. The number of epoxide rings is 1. The van der Waals surface area contributed by atoms with E-state index >= 15 is 0 Å². The highest BCUT2D eigenvalue weighted by Crippen LogP contribution is 2.46. The third-order valence-corrected chi connectivity index (χ3v) is 12.6. The zero-order valence-corrected chi connectivity index (χ0v) is 25.6. The topological polar surface area (TPSA) is 78.5 Å². The van der Waals surface area contributed by atoms with E-state index in [9.17, 15) is 4.79 Å². The van der Waals surface area contributed by atoms with Crippen LogP contribution in [0.1, 0.15) is 80.6 Å². The van der Waals surface area contributed by atoms with Crippen molar-refractivity contribution in [2.45, 2.75) is 134 Å². The van der Waals surface area contributed by atoms with Crippen molar-refractivity contribution in [2.24, 2.45) is 0 Å². The molecule has 3 rings (SSSR count). The molecule has 1 unspecified atom stereocenters. The average molecular weight is 538 g/mol. The molecule has 1 N–H and O–H groups in total. The Labute approximate surface area is 225 Å². The van der Waals surface area contributed by atoms with Gasteiger partial charge >= 0.3 is 0 Å². The number of rotatable bonds is 10. The summed E-state index contributed by atoms with van der Waals surface area (Å²) in [6.45, 7) is 21.4. The highest BCUT2D eigenvalue weighted by Gasteiger charge is 2.53. The van der Waals surface area contributed by atoms with Crippen LogP contribution in [-0.2, 0) is 28.2 Å². The van der Waals surface area contributed by atoms with Crippen molar-refractivity contribution in [3.8, 4) is 0 Å². The van der Waals surface area contributed by atoms with E-state index in [4.69, 9.17) is 23.4 Å². The largest absolute Gasteiger partial charge is 0.414 e. The summed E-state index contributed by atoms with van der Waals surface area (Å²) in [7, 11) is -1.82. The molecule has 37 heavy (non-hydrogen) atoms. The Morgan fingerprint density at radius 3 is 2.46 bits per heavy atom. The fraction of sp³-hybridized carbons (Fsp3) is 0.828. The van der Waals surface area contributed by atoms with Crippen molar-refractivity contribution in [1.29, 1.82) is 0 Å². The van der Waals surface area contributed by atoms with E-state index in [1.165, 1.54) is 0 Å². The first-order chi connectivity index (χ1) is 17.1. The average Bonchev–Trinajstić information content (AvgIpc) is 3.51. The maximum absolute atomic E-state index is 12.5. The molecule has 0 bridgehead atoms. The monoisotopic (exact) mass is 537 g/mol. The molecule has 3 saturated heterocycles. The highest BCUT2D eigenvalue weighted by atomic mass is 28.4. The van der Waals surface area contributed by atoms with Crippen LogP contribution in [0, 0.1) is 0 Å². The lowest BCUT2D eigenvalue weighted by Crippen LogP contribution is -2.47. The summed E-state index contributed by atoms with van der Waals surface area (Å²) in [5, 5.41) is 3.21. The Kier molecular flexibility index (Phi) is 9.90. The molecule has 212 valence electrons. The Hall–Kier alpha value is -1.03. The van der Waals surface area contributed by atoms with Crippen molar-refractivity contribution in [3.05, 3.63) is 23.8 Å². The summed E-state index contributed by atoms with van der Waals surface area (Å²) in [5.74, 6) is 0.0219. The first kappa shape index (κ1) is 30.5. The molecule has 0 aromatic rings. The molecule has 1 amide bonds. The van der Waals surface area contributed by atoms with Gasteiger partial charge in [0.05, 0.1) is 43.2 Å². The molecule has 3 aliphatic heterocycles. The number of hydrogen-bond donors (Lipinski definition) is 1. The van der Waals surface area contributed by atoms with E-state index in [2.05, 4.69) is 85.1 Å². The van der Waals surface area contributed by atoms with Gasteiger partial charge in [0.1, 0.15) is 0 Å². The van der Waals surface area contributed by atoms with Crippen LogP contribution < -0.4 is 5.32 Å². The molecule has 3 fully saturated rings. The molecule has 0 saturated carbocycles. The molecule has 0 aromatic heterocycles. The Bertz CT molecular complexity index is 828. The number of allylic oxidation sites excluding steroid dienone is 2. The third-order valence-electron chi connectivity index (χ3n) is 7.96. The molecular weight excluding hydrogens is 486 g/mol. The van der Waals surface area contributed by atoms with Gasteiger partial charge in [-0.25, -0.2) is 0 Å². The SMILES string of the molecule is CC(/C=C/[C@@H]1C[C@]2(CO2)CC(C)(C)O1)=C\C[C@H]1OC[C@@H](NC(=O)CCC(C)O[Si](C)(C)C(C)(C)C)CO1. The molecule has 3 atom stereocenters. The van der Waals surface area contributed by atoms with Crippen LogP contribution in [-0.4, -0.2) is 69.8 Å². The van der Waals surface area contributed by atoms with Gasteiger partial charge in [-0.1, -0.05) is 44.6 Å². The van der Waals surface area contributed by atoms with Gasteiger partial charge in [0.15, 0.2) is 14.6 Å². The minimum Gasteiger partial charge on any atom is -0.414 e. The standard InChI is InChI=1S/C29H51NO6Si/c1-21(10-13-24-16-29(20-34-29)19-28(6,7)35-24)11-15-26-32-17-23(18-33-26)30-25(31)14-12-22(2)36-37(8,9)27(3,4)5/h10-11,13,22-24,26H,12,14-20H2,1-9H3,(H,30,31)/b13-10+,21-11+/t22?,23-,24-,26+,29-/m1/s1. The van der Waals surface area contributed by atoms with Crippen LogP contribution >= 0.6 is 0 Å². The molecule has 8 heteroatoms. The lowest BCUT2D eigenvalue weighted by atomic mass is 9.85. The van der Waals surface area contributed by atoms with Crippen LogP contribution in [0.25, 0.3) is 0 Å².